The van der Waals surface area contributed by atoms with Gasteiger partial charge in [-0.25, -0.2) is 0 Å². The van der Waals surface area contributed by atoms with E-state index in [-0.39, 0.29) is 6.61 Å². The molecule has 0 saturated carbocycles. The van der Waals surface area contributed by atoms with Crippen LogP contribution in [0.2, 0.25) is 0 Å². The van der Waals surface area contributed by atoms with E-state index in [0.717, 1.165) is 35.9 Å². The number of rotatable bonds is 20. The number of fused-ring (bicyclic) bond motifs is 1. The molecule has 50 heavy (non-hydrogen) atoms. The van der Waals surface area contributed by atoms with Crippen LogP contribution in [-0.4, -0.2) is 72.0 Å². The van der Waals surface area contributed by atoms with Gasteiger partial charge in [-0.3, -0.25) is 9.97 Å². The minimum Gasteiger partial charge on any atom is -0.379 e. The summed E-state index contributed by atoms with van der Waals surface area (Å²) in [6.07, 6.45) is 7.65. The SMILES string of the molecule is NCCCCCOC[C@H]1O[C@@H](OCCc2c[nH]c3ccccc23)[C@H](OCc2ccccc2)[C@@H](OCc2ccccc2)[C@@H]1OCc1cnccn1. The maximum absolute atomic E-state index is 6.78. The number of hydrogen-bond acceptors (Lipinski definition) is 9. The molecule has 5 aromatic rings. The van der Waals surface area contributed by atoms with Crippen molar-refractivity contribution in [2.75, 3.05) is 26.4 Å². The normalized spacial score (nSPS) is 20.7. The van der Waals surface area contributed by atoms with Gasteiger partial charge in [0.2, 0.25) is 0 Å². The Bertz CT molecular complexity index is 1660. The third kappa shape index (κ3) is 10.3. The molecule has 0 spiro atoms. The van der Waals surface area contributed by atoms with Crippen LogP contribution in [0.4, 0.5) is 0 Å². The van der Waals surface area contributed by atoms with Gasteiger partial charge in [-0.05, 0) is 55.0 Å². The average molecular weight is 681 g/mol. The molecule has 5 atom stereocenters. The topological polar surface area (TPSA) is 123 Å². The monoisotopic (exact) mass is 680 g/mol. The molecule has 0 unspecified atom stereocenters. The van der Waals surface area contributed by atoms with E-state index in [9.17, 15) is 0 Å². The van der Waals surface area contributed by atoms with Gasteiger partial charge in [-0.1, -0.05) is 78.9 Å². The number of benzene rings is 3. The molecule has 2 aromatic heterocycles. The maximum atomic E-state index is 6.78. The first-order valence-electron chi connectivity index (χ1n) is 17.6. The van der Waals surface area contributed by atoms with Crippen LogP contribution < -0.4 is 5.73 Å². The third-order valence-electron chi connectivity index (χ3n) is 8.81. The number of nitrogens with zero attached hydrogens (tertiary/aromatic N) is 2. The van der Waals surface area contributed by atoms with Crippen LogP contribution in [0.5, 0.6) is 0 Å². The molecule has 3 N–H and O–H groups in total. The van der Waals surface area contributed by atoms with Crippen LogP contribution in [0, 0.1) is 0 Å². The van der Waals surface area contributed by atoms with Gasteiger partial charge in [0.25, 0.3) is 0 Å². The van der Waals surface area contributed by atoms with Gasteiger partial charge in [-0.2, -0.15) is 0 Å². The van der Waals surface area contributed by atoms with Crippen molar-refractivity contribution in [1.82, 2.24) is 15.0 Å². The number of para-hydroxylation sites is 1. The number of H-pyrrole nitrogens is 1. The molecule has 1 fully saturated rings. The lowest BCUT2D eigenvalue weighted by Crippen LogP contribution is -2.62. The molecular weight excluding hydrogens is 632 g/mol. The molecule has 1 aliphatic rings. The second kappa shape index (κ2) is 19.4. The van der Waals surface area contributed by atoms with Gasteiger partial charge in [0, 0.05) is 36.1 Å². The molecule has 0 amide bonds. The van der Waals surface area contributed by atoms with Crippen molar-refractivity contribution in [3.8, 4) is 0 Å². The van der Waals surface area contributed by atoms with Crippen molar-refractivity contribution in [2.24, 2.45) is 5.73 Å². The zero-order valence-corrected chi connectivity index (χ0v) is 28.5. The molecule has 0 radical (unpaired) electrons. The van der Waals surface area contributed by atoms with Crippen molar-refractivity contribution < 1.29 is 28.4 Å². The largest absolute Gasteiger partial charge is 0.379 e. The minimum atomic E-state index is -0.744. The first-order valence-corrected chi connectivity index (χ1v) is 17.6. The number of unbranched alkanes of at least 4 members (excludes halogenated alkanes) is 2. The quantitative estimate of drug-likeness (QED) is 0.0933. The molecule has 1 aliphatic heterocycles. The summed E-state index contributed by atoms with van der Waals surface area (Å²) in [5, 5.41) is 1.18. The first kappa shape index (κ1) is 35.8. The molecule has 3 heterocycles. The van der Waals surface area contributed by atoms with E-state index < -0.39 is 30.7 Å². The highest BCUT2D eigenvalue weighted by Crippen LogP contribution is 2.32. The minimum absolute atomic E-state index is 0.220. The Morgan fingerprint density at radius 3 is 2.16 bits per heavy atom. The van der Waals surface area contributed by atoms with Crippen LogP contribution in [0.1, 0.15) is 41.6 Å². The van der Waals surface area contributed by atoms with E-state index in [4.69, 9.17) is 34.2 Å². The highest BCUT2D eigenvalue weighted by Gasteiger charge is 2.49. The van der Waals surface area contributed by atoms with E-state index in [1.165, 1.54) is 10.9 Å². The van der Waals surface area contributed by atoms with Crippen molar-refractivity contribution in [2.45, 2.75) is 76.2 Å². The summed E-state index contributed by atoms with van der Waals surface area (Å²) in [6, 6.07) is 28.5. The van der Waals surface area contributed by atoms with Gasteiger partial charge < -0.3 is 39.1 Å². The molecule has 0 aliphatic carbocycles. The second-order valence-corrected chi connectivity index (χ2v) is 12.4. The Labute approximate surface area is 294 Å². The Morgan fingerprint density at radius 2 is 1.42 bits per heavy atom. The summed E-state index contributed by atoms with van der Waals surface area (Å²) in [6.45, 7) is 2.90. The zero-order chi connectivity index (χ0) is 34.2. The predicted molar refractivity (Wildman–Crippen MR) is 191 cm³/mol. The summed E-state index contributed by atoms with van der Waals surface area (Å²) in [5.41, 5.74) is 10.8. The molecule has 264 valence electrons. The van der Waals surface area contributed by atoms with E-state index >= 15 is 0 Å². The highest BCUT2D eigenvalue weighted by atomic mass is 16.7. The average Bonchev–Trinajstić information content (AvgIpc) is 3.58. The lowest BCUT2D eigenvalue weighted by Gasteiger charge is -2.45. The third-order valence-corrected chi connectivity index (χ3v) is 8.81. The van der Waals surface area contributed by atoms with Crippen molar-refractivity contribution in [3.63, 3.8) is 0 Å². The number of aromatic nitrogens is 3. The highest BCUT2D eigenvalue weighted by molar-refractivity contribution is 5.83. The molecule has 10 nitrogen and oxygen atoms in total. The zero-order valence-electron chi connectivity index (χ0n) is 28.5. The fourth-order valence-corrected chi connectivity index (χ4v) is 6.18. The Kier molecular flexibility index (Phi) is 13.9. The Balaban J connectivity index is 1.26. The maximum Gasteiger partial charge on any atom is 0.186 e. The first-order chi connectivity index (χ1) is 24.8. The predicted octanol–water partition coefficient (Wildman–Crippen LogP) is 6.14. The lowest BCUT2D eigenvalue weighted by molar-refractivity contribution is -0.328. The van der Waals surface area contributed by atoms with Gasteiger partial charge in [0.1, 0.15) is 24.4 Å². The number of nitrogens with two attached hydrogens (primary N) is 1. The van der Waals surface area contributed by atoms with Gasteiger partial charge >= 0.3 is 0 Å². The summed E-state index contributed by atoms with van der Waals surface area (Å²) >= 11 is 0. The van der Waals surface area contributed by atoms with Crippen LogP contribution in [0.15, 0.2) is 110 Å². The standard InChI is InChI=1S/C40H48N4O6/c41-19-10-3-11-22-45-29-36-37(49-28-33-25-42-20-21-43-33)38(47-26-30-12-4-1-5-13-30)39(48-27-31-14-6-2-7-15-31)40(50-36)46-23-18-32-24-44-35-17-9-8-16-34(32)35/h1-2,4-9,12-17,20-21,24-25,36-40,44H,3,10-11,18-19,22-23,26-29,41H2/t36-,37-,38+,39-,40-/m1/s1. The molecule has 6 rings (SSSR count). The van der Waals surface area contributed by atoms with Gasteiger partial charge in [-0.15, -0.1) is 0 Å². The second-order valence-electron chi connectivity index (χ2n) is 12.4. The summed E-state index contributed by atoms with van der Waals surface area (Å²) in [5.74, 6) is 0. The molecular formula is C40H48N4O6. The van der Waals surface area contributed by atoms with Gasteiger partial charge in [0.05, 0.1) is 44.9 Å². The fourth-order valence-electron chi connectivity index (χ4n) is 6.18. The fraction of sp³-hybridized carbons (Fsp3) is 0.400. The van der Waals surface area contributed by atoms with Crippen LogP contribution >= 0.6 is 0 Å². The smallest absolute Gasteiger partial charge is 0.186 e. The van der Waals surface area contributed by atoms with E-state index in [0.29, 0.717) is 51.7 Å². The van der Waals surface area contributed by atoms with E-state index in [2.05, 4.69) is 33.2 Å². The lowest BCUT2D eigenvalue weighted by atomic mass is 9.97. The number of aromatic amines is 1. The van der Waals surface area contributed by atoms with Crippen LogP contribution in [0.3, 0.4) is 0 Å². The van der Waals surface area contributed by atoms with Crippen molar-refractivity contribution in [1.29, 1.82) is 0 Å². The Hall–Kier alpha value is -4.00. The van der Waals surface area contributed by atoms with E-state index in [1.807, 2.05) is 72.9 Å². The van der Waals surface area contributed by atoms with Crippen LogP contribution in [-0.2, 0) is 54.7 Å². The Morgan fingerprint density at radius 1 is 0.700 bits per heavy atom. The van der Waals surface area contributed by atoms with E-state index in [1.54, 1.807) is 18.6 Å². The summed E-state index contributed by atoms with van der Waals surface area (Å²) in [7, 11) is 0. The molecule has 10 heteroatoms. The number of hydrogen-bond donors (Lipinski definition) is 2. The molecule has 0 bridgehead atoms. The number of ether oxygens (including phenoxy) is 6. The molecule has 1 saturated heterocycles. The number of nitrogens with one attached hydrogen (secondary N) is 1. The molecule has 3 aromatic carbocycles. The van der Waals surface area contributed by atoms with Gasteiger partial charge in [0.15, 0.2) is 6.29 Å². The summed E-state index contributed by atoms with van der Waals surface area (Å²) < 4.78 is 39.7. The van der Waals surface area contributed by atoms with Crippen molar-refractivity contribution >= 4 is 10.9 Å². The van der Waals surface area contributed by atoms with Crippen molar-refractivity contribution in [3.05, 3.63) is 132 Å². The van der Waals surface area contributed by atoms with Crippen LogP contribution in [0.25, 0.3) is 10.9 Å². The summed E-state index contributed by atoms with van der Waals surface area (Å²) in [4.78, 5) is 12.0.